The second-order valence-electron chi connectivity index (χ2n) is 2.86. The fourth-order valence-electron chi connectivity index (χ4n) is 1.26. The number of carbonyl (C=O) groups excluding carboxylic acids is 1. The van der Waals surface area contributed by atoms with Gasteiger partial charge in [-0.2, -0.15) is 5.26 Å². The molecule has 0 spiro atoms. The van der Waals surface area contributed by atoms with Crippen LogP contribution < -0.4 is 9.47 Å². The second-order valence-corrected chi connectivity index (χ2v) is 2.86. The molecule has 0 heterocycles. The summed E-state index contributed by atoms with van der Waals surface area (Å²) in [5, 5.41) is 8.96. The predicted octanol–water partition coefficient (Wildman–Crippen LogP) is 1.36. The Bertz CT molecular complexity index is 448. The Kier molecular flexibility index (Phi) is 3.72. The number of methoxy groups -OCH3 is 3. The Balaban J connectivity index is 3.44. The highest BCUT2D eigenvalue weighted by Crippen LogP contribution is 2.28. The van der Waals surface area contributed by atoms with Gasteiger partial charge in [-0.15, -0.1) is 0 Å². The molecule has 16 heavy (non-hydrogen) atoms. The molecule has 0 aliphatic heterocycles. The van der Waals surface area contributed by atoms with E-state index in [1.54, 1.807) is 0 Å². The van der Waals surface area contributed by atoms with Crippen LogP contribution in [0.15, 0.2) is 12.1 Å². The molecule has 0 aliphatic rings. The van der Waals surface area contributed by atoms with Crippen LogP contribution in [0.25, 0.3) is 0 Å². The first-order valence-electron chi connectivity index (χ1n) is 4.42. The third-order valence-corrected chi connectivity index (χ3v) is 2.05. The van der Waals surface area contributed by atoms with Crippen LogP contribution in [0.1, 0.15) is 15.9 Å². The number of nitriles is 1. The Morgan fingerprint density at radius 3 is 2.38 bits per heavy atom. The Hall–Kier alpha value is -2.22. The molecule has 1 rings (SSSR count). The zero-order valence-electron chi connectivity index (χ0n) is 9.23. The highest BCUT2D eigenvalue weighted by molar-refractivity contribution is 5.93. The number of rotatable bonds is 3. The van der Waals surface area contributed by atoms with E-state index >= 15 is 0 Å². The van der Waals surface area contributed by atoms with Crippen molar-refractivity contribution in [3.05, 3.63) is 23.3 Å². The van der Waals surface area contributed by atoms with Crippen molar-refractivity contribution in [3.63, 3.8) is 0 Å². The molecule has 0 aliphatic carbocycles. The van der Waals surface area contributed by atoms with E-state index in [1.807, 2.05) is 6.07 Å². The number of ether oxygens (including phenoxy) is 3. The van der Waals surface area contributed by atoms with Crippen molar-refractivity contribution in [2.75, 3.05) is 21.3 Å². The molecule has 0 fully saturated rings. The molecule has 1 aromatic rings. The summed E-state index contributed by atoms with van der Waals surface area (Å²) in [5.41, 5.74) is 0.261. The Morgan fingerprint density at radius 2 is 1.94 bits per heavy atom. The van der Waals surface area contributed by atoms with Gasteiger partial charge in [0.25, 0.3) is 0 Å². The smallest absolute Gasteiger partial charge is 0.339 e. The lowest BCUT2D eigenvalue weighted by Crippen LogP contribution is -2.06. The first-order chi connectivity index (χ1) is 7.67. The van der Waals surface area contributed by atoms with E-state index in [0.29, 0.717) is 5.75 Å². The lowest BCUT2D eigenvalue weighted by Gasteiger charge is -2.09. The van der Waals surface area contributed by atoms with Gasteiger partial charge >= 0.3 is 5.97 Å². The normalized spacial score (nSPS) is 9.12. The first-order valence-corrected chi connectivity index (χ1v) is 4.42. The van der Waals surface area contributed by atoms with Crippen molar-refractivity contribution in [1.82, 2.24) is 0 Å². The van der Waals surface area contributed by atoms with Crippen LogP contribution >= 0.6 is 0 Å². The standard InChI is InChI=1S/C11H11NO4/c1-14-7-4-8(11(13)16-3)9(6-12)10(5-7)15-2/h4-5H,1-3H3. The number of carbonyl (C=O) groups is 1. The SMILES string of the molecule is COC(=O)c1cc(OC)cc(OC)c1C#N. The van der Waals surface area contributed by atoms with Gasteiger partial charge in [0.1, 0.15) is 23.1 Å². The molecule has 0 unspecified atom stereocenters. The van der Waals surface area contributed by atoms with Crippen molar-refractivity contribution in [3.8, 4) is 17.6 Å². The van der Waals surface area contributed by atoms with Gasteiger partial charge in [-0.3, -0.25) is 0 Å². The highest BCUT2D eigenvalue weighted by Gasteiger charge is 2.18. The van der Waals surface area contributed by atoms with Crippen molar-refractivity contribution in [2.24, 2.45) is 0 Å². The molecule has 0 saturated carbocycles. The quantitative estimate of drug-likeness (QED) is 0.721. The van der Waals surface area contributed by atoms with Gasteiger partial charge in [-0.05, 0) is 6.07 Å². The molecule has 84 valence electrons. The summed E-state index contributed by atoms with van der Waals surface area (Å²) in [7, 11) is 4.12. The van der Waals surface area contributed by atoms with E-state index < -0.39 is 5.97 Å². The second kappa shape index (κ2) is 5.03. The summed E-state index contributed by atoms with van der Waals surface area (Å²) >= 11 is 0. The lowest BCUT2D eigenvalue weighted by atomic mass is 10.1. The van der Waals surface area contributed by atoms with Gasteiger partial charge in [0.2, 0.25) is 0 Å². The predicted molar refractivity (Wildman–Crippen MR) is 55.6 cm³/mol. The minimum absolute atomic E-state index is 0.126. The van der Waals surface area contributed by atoms with Gasteiger partial charge in [-0.1, -0.05) is 0 Å². The molecule has 0 N–H and O–H groups in total. The first kappa shape index (κ1) is 11.9. The van der Waals surface area contributed by atoms with Crippen molar-refractivity contribution in [2.45, 2.75) is 0 Å². The molecule has 0 bridgehead atoms. The highest BCUT2D eigenvalue weighted by atomic mass is 16.5. The average molecular weight is 221 g/mol. The molecular weight excluding hydrogens is 210 g/mol. The van der Waals surface area contributed by atoms with Crippen LogP contribution in [0.2, 0.25) is 0 Å². The van der Waals surface area contributed by atoms with Crippen molar-refractivity contribution < 1.29 is 19.0 Å². The minimum Gasteiger partial charge on any atom is -0.497 e. The maximum absolute atomic E-state index is 11.4. The third-order valence-electron chi connectivity index (χ3n) is 2.05. The molecule has 0 radical (unpaired) electrons. The van der Waals surface area contributed by atoms with E-state index in [-0.39, 0.29) is 16.9 Å². The summed E-state index contributed by atoms with van der Waals surface area (Å²) in [6, 6.07) is 4.87. The zero-order valence-corrected chi connectivity index (χ0v) is 9.23. The molecule has 5 nitrogen and oxygen atoms in total. The molecule has 0 atom stereocenters. The number of hydrogen-bond acceptors (Lipinski definition) is 5. The summed E-state index contributed by atoms with van der Waals surface area (Å²) < 4.78 is 14.6. The van der Waals surface area contributed by atoms with Gasteiger partial charge in [-0.25, -0.2) is 4.79 Å². The van der Waals surface area contributed by atoms with Gasteiger partial charge in [0.05, 0.1) is 26.9 Å². The van der Waals surface area contributed by atoms with E-state index in [0.717, 1.165) is 0 Å². The maximum Gasteiger partial charge on any atom is 0.339 e. The molecule has 0 aromatic heterocycles. The number of hydrogen-bond donors (Lipinski definition) is 0. The molecule has 0 saturated heterocycles. The minimum atomic E-state index is -0.603. The van der Waals surface area contributed by atoms with Gasteiger partial charge in [0.15, 0.2) is 0 Å². The fourth-order valence-corrected chi connectivity index (χ4v) is 1.26. The van der Waals surface area contributed by atoms with Gasteiger partial charge in [0, 0.05) is 6.07 Å². The van der Waals surface area contributed by atoms with Crippen LogP contribution in [-0.2, 0) is 4.74 Å². The summed E-state index contributed by atoms with van der Waals surface area (Å²) in [6.45, 7) is 0. The van der Waals surface area contributed by atoms with E-state index in [4.69, 9.17) is 14.7 Å². The van der Waals surface area contributed by atoms with E-state index in [1.165, 1.54) is 33.5 Å². The summed E-state index contributed by atoms with van der Waals surface area (Å²) in [4.78, 5) is 11.4. The number of benzene rings is 1. The van der Waals surface area contributed by atoms with E-state index in [2.05, 4.69) is 4.74 Å². The zero-order chi connectivity index (χ0) is 12.1. The van der Waals surface area contributed by atoms with Crippen LogP contribution in [0, 0.1) is 11.3 Å². The topological polar surface area (TPSA) is 68.6 Å². The summed E-state index contributed by atoms with van der Waals surface area (Å²) in [6.07, 6.45) is 0. The number of nitrogens with zero attached hydrogens (tertiary/aromatic N) is 1. The Morgan fingerprint density at radius 1 is 1.25 bits per heavy atom. The Labute approximate surface area is 93.2 Å². The largest absolute Gasteiger partial charge is 0.497 e. The van der Waals surface area contributed by atoms with Crippen LogP contribution in [0.5, 0.6) is 11.5 Å². The maximum atomic E-state index is 11.4. The van der Waals surface area contributed by atoms with Crippen LogP contribution in [0.4, 0.5) is 0 Å². The van der Waals surface area contributed by atoms with Crippen molar-refractivity contribution in [1.29, 1.82) is 5.26 Å². The summed E-state index contributed by atoms with van der Waals surface area (Å²) in [5.74, 6) is 0.104. The average Bonchev–Trinajstić information content (AvgIpc) is 2.35. The van der Waals surface area contributed by atoms with Crippen molar-refractivity contribution >= 4 is 5.97 Å². The van der Waals surface area contributed by atoms with Crippen LogP contribution in [-0.4, -0.2) is 27.3 Å². The monoisotopic (exact) mass is 221 g/mol. The molecule has 0 amide bonds. The fraction of sp³-hybridized carbons (Fsp3) is 0.273. The molecule has 1 aromatic carbocycles. The van der Waals surface area contributed by atoms with Crippen LogP contribution in [0.3, 0.4) is 0 Å². The molecular formula is C11H11NO4. The number of esters is 1. The van der Waals surface area contributed by atoms with Gasteiger partial charge < -0.3 is 14.2 Å². The molecule has 5 heteroatoms. The van der Waals surface area contributed by atoms with E-state index in [9.17, 15) is 4.79 Å². The lowest BCUT2D eigenvalue weighted by molar-refractivity contribution is 0.0599. The third kappa shape index (κ3) is 2.06.